The van der Waals surface area contributed by atoms with Gasteiger partial charge in [-0.15, -0.1) is 0 Å². The summed E-state index contributed by atoms with van der Waals surface area (Å²) in [6.07, 6.45) is 0.135. The van der Waals surface area contributed by atoms with E-state index in [1.807, 2.05) is 0 Å². The van der Waals surface area contributed by atoms with Gasteiger partial charge in [-0.3, -0.25) is 4.79 Å². The van der Waals surface area contributed by atoms with Crippen molar-refractivity contribution in [2.45, 2.75) is 26.9 Å². The van der Waals surface area contributed by atoms with E-state index < -0.39 is 6.61 Å². The summed E-state index contributed by atoms with van der Waals surface area (Å²) in [5, 5.41) is 6.44. The molecule has 112 valence electrons. The maximum Gasteiger partial charge on any atom is 0.387 e. The van der Waals surface area contributed by atoms with Crippen LogP contribution in [0.4, 0.5) is 14.5 Å². The summed E-state index contributed by atoms with van der Waals surface area (Å²) < 4.78 is 33.2. The maximum atomic E-state index is 12.0. The number of carbonyl (C=O) groups is 1. The van der Waals surface area contributed by atoms with Gasteiger partial charge in [-0.25, -0.2) is 0 Å². The van der Waals surface area contributed by atoms with Gasteiger partial charge in [-0.05, 0) is 38.1 Å². The second-order valence-electron chi connectivity index (χ2n) is 4.43. The average molecular weight is 296 g/mol. The lowest BCUT2D eigenvalue weighted by molar-refractivity contribution is -0.115. The Morgan fingerprint density at radius 3 is 2.52 bits per heavy atom. The Hall–Kier alpha value is -2.44. The van der Waals surface area contributed by atoms with E-state index in [2.05, 4.69) is 15.2 Å². The molecule has 7 heteroatoms. The van der Waals surface area contributed by atoms with E-state index in [9.17, 15) is 13.6 Å². The van der Waals surface area contributed by atoms with E-state index in [0.717, 1.165) is 5.56 Å². The third kappa shape index (κ3) is 4.01. The number of aryl methyl sites for hydroxylation is 2. The van der Waals surface area contributed by atoms with Crippen molar-refractivity contribution in [3.8, 4) is 5.75 Å². The van der Waals surface area contributed by atoms with Gasteiger partial charge in [-0.1, -0.05) is 5.16 Å². The number of nitrogens with zero attached hydrogens (tertiary/aromatic N) is 1. The van der Waals surface area contributed by atoms with Gasteiger partial charge in [0.1, 0.15) is 11.5 Å². The van der Waals surface area contributed by atoms with Crippen LogP contribution < -0.4 is 10.1 Å². The highest BCUT2D eigenvalue weighted by Gasteiger charge is 2.13. The summed E-state index contributed by atoms with van der Waals surface area (Å²) in [6, 6.07) is 5.70. The van der Waals surface area contributed by atoms with E-state index in [1.165, 1.54) is 24.3 Å². The van der Waals surface area contributed by atoms with Gasteiger partial charge < -0.3 is 14.6 Å². The monoisotopic (exact) mass is 296 g/mol. The highest BCUT2D eigenvalue weighted by atomic mass is 19.3. The number of hydrogen-bond acceptors (Lipinski definition) is 4. The van der Waals surface area contributed by atoms with Crippen molar-refractivity contribution in [2.75, 3.05) is 5.32 Å². The molecule has 0 radical (unpaired) electrons. The Kier molecular flexibility index (Phi) is 4.52. The summed E-state index contributed by atoms with van der Waals surface area (Å²) in [4.78, 5) is 11.9. The zero-order valence-corrected chi connectivity index (χ0v) is 11.5. The van der Waals surface area contributed by atoms with Crippen LogP contribution in [0.1, 0.15) is 17.0 Å². The van der Waals surface area contributed by atoms with E-state index >= 15 is 0 Å². The fourth-order valence-electron chi connectivity index (χ4n) is 1.84. The molecule has 1 amide bonds. The largest absolute Gasteiger partial charge is 0.435 e. The number of hydrogen-bond donors (Lipinski definition) is 1. The fourth-order valence-corrected chi connectivity index (χ4v) is 1.84. The highest BCUT2D eigenvalue weighted by Crippen LogP contribution is 2.18. The van der Waals surface area contributed by atoms with Crippen LogP contribution in [0.3, 0.4) is 0 Å². The number of ether oxygens (including phenoxy) is 1. The van der Waals surface area contributed by atoms with Gasteiger partial charge in [0.15, 0.2) is 0 Å². The Morgan fingerprint density at radius 2 is 2.00 bits per heavy atom. The van der Waals surface area contributed by atoms with E-state index in [-0.39, 0.29) is 18.1 Å². The van der Waals surface area contributed by atoms with Crippen molar-refractivity contribution < 1.29 is 22.8 Å². The maximum absolute atomic E-state index is 12.0. The Morgan fingerprint density at radius 1 is 1.33 bits per heavy atom. The van der Waals surface area contributed by atoms with Gasteiger partial charge in [0.2, 0.25) is 5.91 Å². The van der Waals surface area contributed by atoms with Crippen LogP contribution in [0, 0.1) is 13.8 Å². The number of halogens is 2. The first kappa shape index (κ1) is 15.0. The predicted molar refractivity (Wildman–Crippen MR) is 71.4 cm³/mol. The molecule has 0 unspecified atom stereocenters. The van der Waals surface area contributed by atoms with Crippen LogP contribution in [0.5, 0.6) is 5.75 Å². The molecule has 0 atom stereocenters. The van der Waals surface area contributed by atoms with Crippen molar-refractivity contribution in [1.29, 1.82) is 0 Å². The quantitative estimate of drug-likeness (QED) is 0.921. The SMILES string of the molecule is Cc1noc(C)c1CC(=O)Nc1ccc(OC(F)F)cc1. The van der Waals surface area contributed by atoms with Gasteiger partial charge in [0.05, 0.1) is 12.1 Å². The molecule has 0 aliphatic heterocycles. The molecular weight excluding hydrogens is 282 g/mol. The summed E-state index contributed by atoms with van der Waals surface area (Å²) >= 11 is 0. The molecule has 1 N–H and O–H groups in total. The minimum atomic E-state index is -2.87. The molecule has 0 fully saturated rings. The van der Waals surface area contributed by atoms with Crippen LogP contribution >= 0.6 is 0 Å². The molecule has 1 aromatic heterocycles. The summed E-state index contributed by atoms with van der Waals surface area (Å²) in [7, 11) is 0. The van der Waals surface area contributed by atoms with Crippen molar-refractivity contribution in [3.05, 3.63) is 41.3 Å². The predicted octanol–water partition coefficient (Wildman–Crippen LogP) is 3.07. The molecule has 0 aliphatic carbocycles. The third-order valence-electron chi connectivity index (χ3n) is 2.88. The van der Waals surface area contributed by atoms with E-state index in [4.69, 9.17) is 4.52 Å². The molecule has 0 spiro atoms. The highest BCUT2D eigenvalue weighted by molar-refractivity contribution is 5.92. The van der Waals surface area contributed by atoms with Crippen LogP contribution in [0.15, 0.2) is 28.8 Å². The van der Waals surface area contributed by atoms with Crippen LogP contribution in [0.2, 0.25) is 0 Å². The molecule has 0 bridgehead atoms. The van der Waals surface area contributed by atoms with Gasteiger partial charge in [0, 0.05) is 11.3 Å². The summed E-state index contributed by atoms with van der Waals surface area (Å²) in [5.74, 6) is 0.393. The Bertz CT molecular complexity index is 604. The van der Waals surface area contributed by atoms with Crippen molar-refractivity contribution >= 4 is 11.6 Å². The van der Waals surface area contributed by atoms with E-state index in [1.54, 1.807) is 13.8 Å². The third-order valence-corrected chi connectivity index (χ3v) is 2.88. The molecule has 2 rings (SSSR count). The number of nitrogens with one attached hydrogen (secondary N) is 1. The second kappa shape index (κ2) is 6.34. The van der Waals surface area contributed by atoms with E-state index in [0.29, 0.717) is 17.1 Å². The molecule has 2 aromatic rings. The lowest BCUT2D eigenvalue weighted by Crippen LogP contribution is -2.15. The molecule has 5 nitrogen and oxygen atoms in total. The van der Waals surface area contributed by atoms with Crippen LogP contribution in [-0.2, 0) is 11.2 Å². The molecule has 1 aromatic carbocycles. The molecule has 1 heterocycles. The number of aromatic nitrogens is 1. The van der Waals surface area contributed by atoms with Gasteiger partial charge >= 0.3 is 6.61 Å². The summed E-state index contributed by atoms with van der Waals surface area (Å²) in [6.45, 7) is 0.624. The van der Waals surface area contributed by atoms with Gasteiger partial charge in [0.25, 0.3) is 0 Å². The lowest BCUT2D eigenvalue weighted by atomic mass is 10.1. The Balaban J connectivity index is 1.97. The second-order valence-corrected chi connectivity index (χ2v) is 4.43. The van der Waals surface area contributed by atoms with Crippen molar-refractivity contribution in [1.82, 2.24) is 5.16 Å². The number of carbonyl (C=O) groups excluding carboxylic acids is 1. The molecule has 0 saturated heterocycles. The first-order chi connectivity index (χ1) is 9.95. The van der Waals surface area contributed by atoms with Crippen LogP contribution in [0.25, 0.3) is 0 Å². The smallest absolute Gasteiger partial charge is 0.387 e. The minimum absolute atomic E-state index is 0.0359. The first-order valence-electron chi connectivity index (χ1n) is 6.22. The molecule has 21 heavy (non-hydrogen) atoms. The number of anilines is 1. The minimum Gasteiger partial charge on any atom is -0.435 e. The molecular formula is C14H14F2N2O3. The summed E-state index contributed by atoms with van der Waals surface area (Å²) in [5.41, 5.74) is 1.90. The topological polar surface area (TPSA) is 64.4 Å². The first-order valence-corrected chi connectivity index (χ1v) is 6.22. The fraction of sp³-hybridized carbons (Fsp3) is 0.286. The van der Waals surface area contributed by atoms with Gasteiger partial charge in [-0.2, -0.15) is 8.78 Å². The lowest BCUT2D eigenvalue weighted by Gasteiger charge is -2.07. The Labute approximate surface area is 119 Å². The van der Waals surface area contributed by atoms with Crippen LogP contribution in [-0.4, -0.2) is 17.7 Å². The number of alkyl halides is 2. The molecule has 0 saturated carbocycles. The number of amides is 1. The van der Waals surface area contributed by atoms with Crippen molar-refractivity contribution in [2.24, 2.45) is 0 Å². The number of rotatable bonds is 5. The average Bonchev–Trinajstić information content (AvgIpc) is 2.72. The zero-order chi connectivity index (χ0) is 15.4. The zero-order valence-electron chi connectivity index (χ0n) is 11.5. The van der Waals surface area contributed by atoms with Crippen molar-refractivity contribution in [3.63, 3.8) is 0 Å². The standard InChI is InChI=1S/C14H14F2N2O3/c1-8-12(9(2)21-18-8)7-13(19)17-10-3-5-11(6-4-10)20-14(15)16/h3-6,14H,7H2,1-2H3,(H,17,19). The molecule has 0 aliphatic rings. The number of benzene rings is 1. The normalized spacial score (nSPS) is 10.7.